The summed E-state index contributed by atoms with van der Waals surface area (Å²) in [5, 5.41) is 6.73. The van der Waals surface area contributed by atoms with E-state index in [4.69, 9.17) is 19.4 Å². The number of hydrogen-bond donors (Lipinski definition) is 0. The third kappa shape index (κ3) is 6.11. The first-order valence-electron chi connectivity index (χ1n) is 22.5. The van der Waals surface area contributed by atoms with Gasteiger partial charge in [-0.05, 0) is 92.2 Å². The van der Waals surface area contributed by atoms with Crippen molar-refractivity contribution in [2.24, 2.45) is 0 Å². The highest BCUT2D eigenvalue weighted by Crippen LogP contribution is 2.50. The molecule has 0 spiro atoms. The number of para-hydroxylation sites is 2. The summed E-state index contributed by atoms with van der Waals surface area (Å²) in [5.74, 6) is 1.71. The number of hydrogen-bond acceptors (Lipinski definition) is 4. The van der Waals surface area contributed by atoms with Gasteiger partial charge >= 0.3 is 0 Å². The van der Waals surface area contributed by atoms with E-state index in [0.29, 0.717) is 17.6 Å². The maximum atomic E-state index is 6.36. The first kappa shape index (κ1) is 38.5. The molecule has 0 bridgehead atoms. The average Bonchev–Trinajstić information content (AvgIpc) is 3.98. The largest absolute Gasteiger partial charge is 0.456 e. The lowest BCUT2D eigenvalue weighted by molar-refractivity contribution is 0.660. The second kappa shape index (κ2) is 15.0. The quantitative estimate of drug-likeness (QED) is 0.173. The molecule has 9 aromatic carbocycles. The van der Waals surface area contributed by atoms with Gasteiger partial charge in [-0.3, -0.25) is 4.57 Å². The molecule has 0 fully saturated rings. The lowest BCUT2D eigenvalue weighted by Gasteiger charge is -2.22. The van der Waals surface area contributed by atoms with Gasteiger partial charge in [0.2, 0.25) is 5.95 Å². The minimum Gasteiger partial charge on any atom is -0.456 e. The molecule has 0 N–H and O–H groups in total. The number of aromatic nitrogens is 4. The molecule has 3 aromatic heterocycles. The van der Waals surface area contributed by atoms with Crippen molar-refractivity contribution < 1.29 is 4.42 Å². The molecule has 0 unspecified atom stereocenters. The molecule has 0 atom stereocenters. The molecule has 12 aromatic rings. The van der Waals surface area contributed by atoms with Gasteiger partial charge in [-0.15, -0.1) is 0 Å². The highest BCUT2D eigenvalue weighted by atomic mass is 16.3. The van der Waals surface area contributed by atoms with Crippen molar-refractivity contribution in [3.63, 3.8) is 0 Å². The van der Waals surface area contributed by atoms with Gasteiger partial charge in [0.1, 0.15) is 11.2 Å². The van der Waals surface area contributed by atoms with Crippen LogP contribution in [-0.4, -0.2) is 19.5 Å². The minimum atomic E-state index is -0.0879. The van der Waals surface area contributed by atoms with Gasteiger partial charge in [0.05, 0.1) is 11.0 Å². The summed E-state index contributed by atoms with van der Waals surface area (Å²) in [6.45, 7) is 8.68. The Morgan fingerprint density at radius 1 is 0.400 bits per heavy atom. The Morgan fingerprint density at radius 2 is 1.02 bits per heavy atom. The Kier molecular flexibility index (Phi) is 8.89. The molecule has 3 heterocycles. The van der Waals surface area contributed by atoms with Crippen LogP contribution in [0.15, 0.2) is 199 Å². The maximum Gasteiger partial charge on any atom is 0.238 e. The molecule has 13 rings (SSSR count). The first-order chi connectivity index (χ1) is 32.0. The van der Waals surface area contributed by atoms with Gasteiger partial charge in [0.15, 0.2) is 11.6 Å². The fraction of sp³-hybridized carbons (Fsp3) is 0.0833. The van der Waals surface area contributed by atoms with Gasteiger partial charge in [-0.25, -0.2) is 4.98 Å². The lowest BCUT2D eigenvalue weighted by Crippen LogP contribution is -2.14. The number of nitrogens with zero attached hydrogens (tertiary/aromatic N) is 4. The van der Waals surface area contributed by atoms with Gasteiger partial charge < -0.3 is 4.42 Å². The van der Waals surface area contributed by atoms with Gasteiger partial charge in [-0.2, -0.15) is 9.97 Å². The van der Waals surface area contributed by atoms with Crippen molar-refractivity contribution in [2.75, 3.05) is 0 Å². The third-order valence-electron chi connectivity index (χ3n) is 13.2. The summed E-state index contributed by atoms with van der Waals surface area (Å²) in [7, 11) is 0. The second-order valence-electron chi connectivity index (χ2n) is 17.2. The summed E-state index contributed by atoms with van der Waals surface area (Å²) in [6.07, 6.45) is 0. The van der Waals surface area contributed by atoms with Crippen LogP contribution in [0.4, 0.5) is 0 Å². The molecule has 0 radical (unpaired) electrons. The topological polar surface area (TPSA) is 56.7 Å². The predicted molar refractivity (Wildman–Crippen MR) is 270 cm³/mol. The molecule has 0 amide bonds. The van der Waals surface area contributed by atoms with Gasteiger partial charge in [0, 0.05) is 43.7 Å². The zero-order valence-corrected chi connectivity index (χ0v) is 36.7. The maximum absolute atomic E-state index is 6.36. The van der Waals surface area contributed by atoms with Crippen molar-refractivity contribution in [1.82, 2.24) is 19.5 Å². The summed E-state index contributed by atoms with van der Waals surface area (Å²) in [6, 6.07) is 69.1. The van der Waals surface area contributed by atoms with Crippen LogP contribution in [0.2, 0.25) is 0 Å². The molecule has 0 aliphatic heterocycles. The summed E-state index contributed by atoms with van der Waals surface area (Å²) in [4.78, 5) is 15.9. The van der Waals surface area contributed by atoms with Crippen molar-refractivity contribution in [3.05, 3.63) is 205 Å². The lowest BCUT2D eigenvalue weighted by atomic mass is 9.81. The van der Waals surface area contributed by atoms with Crippen LogP contribution in [0.3, 0.4) is 0 Å². The van der Waals surface area contributed by atoms with E-state index in [0.717, 1.165) is 71.4 Å². The minimum absolute atomic E-state index is 0.0879. The summed E-state index contributed by atoms with van der Waals surface area (Å²) < 4.78 is 8.62. The van der Waals surface area contributed by atoms with Crippen molar-refractivity contribution in [3.8, 4) is 62.1 Å². The van der Waals surface area contributed by atoms with E-state index in [9.17, 15) is 0 Å². The van der Waals surface area contributed by atoms with Crippen LogP contribution in [0, 0.1) is 0 Å². The molecule has 310 valence electrons. The molecule has 5 heteroatoms. The fourth-order valence-corrected chi connectivity index (χ4v) is 10.1. The van der Waals surface area contributed by atoms with Crippen LogP contribution in [0.25, 0.3) is 117 Å². The summed E-state index contributed by atoms with van der Waals surface area (Å²) in [5.41, 5.74) is 15.3. The Balaban J connectivity index is 0.00000219. The fourth-order valence-electron chi connectivity index (χ4n) is 10.1. The third-order valence-corrected chi connectivity index (χ3v) is 13.2. The van der Waals surface area contributed by atoms with Gasteiger partial charge in [0.25, 0.3) is 0 Å². The van der Waals surface area contributed by atoms with Crippen LogP contribution >= 0.6 is 0 Å². The molecule has 65 heavy (non-hydrogen) atoms. The molecule has 0 saturated heterocycles. The second-order valence-corrected chi connectivity index (χ2v) is 17.2. The Hall–Kier alpha value is -8.15. The van der Waals surface area contributed by atoms with E-state index in [2.05, 4.69) is 176 Å². The molecular weight excluding hydrogens is 793 g/mol. The molecule has 1 aliphatic carbocycles. The first-order valence-corrected chi connectivity index (χ1v) is 22.5. The van der Waals surface area contributed by atoms with E-state index in [1.54, 1.807) is 0 Å². The number of fused-ring (bicyclic) bond motifs is 10. The van der Waals surface area contributed by atoms with Crippen molar-refractivity contribution in [1.29, 1.82) is 0 Å². The van der Waals surface area contributed by atoms with E-state index in [1.165, 1.54) is 38.8 Å². The van der Waals surface area contributed by atoms with Crippen molar-refractivity contribution in [2.45, 2.75) is 33.1 Å². The van der Waals surface area contributed by atoms with Gasteiger partial charge in [-0.1, -0.05) is 179 Å². The van der Waals surface area contributed by atoms with E-state index < -0.39 is 0 Å². The number of benzene rings is 9. The van der Waals surface area contributed by atoms with Crippen LogP contribution in [0.5, 0.6) is 0 Å². The Bertz CT molecular complexity index is 3840. The molecule has 5 nitrogen and oxygen atoms in total. The van der Waals surface area contributed by atoms with Crippen LogP contribution in [0.1, 0.15) is 38.8 Å². The zero-order valence-electron chi connectivity index (χ0n) is 36.7. The highest BCUT2D eigenvalue weighted by molar-refractivity contribution is 6.17. The van der Waals surface area contributed by atoms with E-state index in [-0.39, 0.29) is 5.41 Å². The van der Waals surface area contributed by atoms with Crippen LogP contribution in [-0.2, 0) is 5.41 Å². The zero-order chi connectivity index (χ0) is 43.8. The van der Waals surface area contributed by atoms with Crippen LogP contribution < -0.4 is 0 Å². The summed E-state index contributed by atoms with van der Waals surface area (Å²) >= 11 is 0. The Morgan fingerprint density at radius 3 is 1.88 bits per heavy atom. The molecule has 0 saturated carbocycles. The molecule has 1 aliphatic rings. The Labute approximate surface area is 377 Å². The monoisotopic (exact) mass is 836 g/mol. The smallest absolute Gasteiger partial charge is 0.238 e. The SMILES string of the molecule is CC.CC1(C)c2ccccc2-c2ccc(-c3cccc(-c4cccc5c6cc7ccccc7cc6n(-c6nc(-c7ccccc7)nc(-c7ccc8c(c7)oc7ccccc78)n6)c45)c3)cc21. The molecular formula is C60H44N4O. The van der Waals surface area contributed by atoms with E-state index >= 15 is 0 Å². The van der Waals surface area contributed by atoms with Crippen molar-refractivity contribution >= 4 is 54.5 Å². The number of furan rings is 1. The highest BCUT2D eigenvalue weighted by Gasteiger charge is 2.35. The number of rotatable bonds is 5. The standard InChI is InChI=1S/C58H38N4O.C2H6/c1-58(2)49-24-10-8-20-43(49)44-28-26-39(32-50(44)58)36-18-12-19-40(30-36)42-22-13-23-47-48-31-37-16-6-7-17-38(37)33-51(48)62(54(42)47)57-60-55(35-14-4-3-5-15-35)59-56(61-57)41-27-29-46-45-21-9-11-25-52(45)63-53(46)34-41;1-2/h3-34H,1-2H3;1-2H3. The van der Waals surface area contributed by atoms with E-state index in [1.807, 2.05) is 50.2 Å². The predicted octanol–water partition coefficient (Wildman–Crippen LogP) is 16.0. The normalized spacial score (nSPS) is 12.7. The average molecular weight is 837 g/mol.